The molecule has 0 bridgehead atoms. The number of aromatic nitrogens is 1. The van der Waals surface area contributed by atoms with E-state index in [0.29, 0.717) is 24.8 Å². The molecule has 1 aliphatic carbocycles. The number of nitrogens with one attached hydrogen (secondary N) is 1. The van der Waals surface area contributed by atoms with E-state index >= 15 is 0 Å². The van der Waals surface area contributed by atoms with Crippen molar-refractivity contribution in [3.63, 3.8) is 0 Å². The van der Waals surface area contributed by atoms with Gasteiger partial charge in [0.05, 0.1) is 13.2 Å². The highest BCUT2D eigenvalue weighted by Gasteiger charge is 2.37. The van der Waals surface area contributed by atoms with Crippen molar-refractivity contribution in [1.29, 1.82) is 0 Å². The number of ether oxygens (including phenoxy) is 1. The smallest absolute Gasteiger partial charge is 0.270 e. The van der Waals surface area contributed by atoms with Gasteiger partial charge in [-0.15, -0.1) is 0 Å². The summed E-state index contributed by atoms with van der Waals surface area (Å²) in [4.78, 5) is 36.4. The zero-order chi connectivity index (χ0) is 25.1. The largest absolute Gasteiger partial charge is 0.496 e. The number of H-pyrrole nitrogens is 1. The first-order chi connectivity index (χ1) is 17.5. The van der Waals surface area contributed by atoms with E-state index in [-0.39, 0.29) is 24.4 Å². The summed E-state index contributed by atoms with van der Waals surface area (Å²) in [6, 6.07) is 18.1. The quantitative estimate of drug-likeness (QED) is 0.539. The Morgan fingerprint density at radius 1 is 1.08 bits per heavy atom. The number of nitrogens with zero attached hydrogens (tertiary/aromatic N) is 3. The zero-order valence-electron chi connectivity index (χ0n) is 21.3. The summed E-state index contributed by atoms with van der Waals surface area (Å²) in [5.74, 6) is 0.569. The van der Waals surface area contributed by atoms with E-state index in [4.69, 9.17) is 4.74 Å². The van der Waals surface area contributed by atoms with Gasteiger partial charge in [-0.05, 0) is 43.7 Å². The van der Waals surface area contributed by atoms with E-state index in [2.05, 4.69) is 29.1 Å². The molecule has 2 aromatic carbocycles. The molecule has 1 atom stereocenters. The van der Waals surface area contributed by atoms with Crippen LogP contribution in [0, 0.1) is 0 Å². The summed E-state index contributed by atoms with van der Waals surface area (Å²) in [7, 11) is 3.80. The highest BCUT2D eigenvalue weighted by Crippen LogP contribution is 2.28. The van der Waals surface area contributed by atoms with Crippen LogP contribution in [0.3, 0.4) is 0 Å². The molecule has 2 amide bonds. The third-order valence-electron chi connectivity index (χ3n) is 7.77. The molecule has 0 radical (unpaired) electrons. The van der Waals surface area contributed by atoms with E-state index in [1.807, 2.05) is 47.4 Å². The lowest BCUT2D eigenvalue weighted by molar-refractivity contribution is -0.140. The number of likely N-dealkylation sites (N-methyl/N-ethyl adjacent to an activating group) is 1. The minimum absolute atomic E-state index is 0.00538. The van der Waals surface area contributed by atoms with Crippen LogP contribution in [0.15, 0.2) is 54.6 Å². The van der Waals surface area contributed by atoms with Crippen molar-refractivity contribution >= 4 is 22.7 Å². The number of carbonyl (C=O) groups excluding carboxylic acids is 2. The van der Waals surface area contributed by atoms with Crippen LogP contribution in [0.1, 0.15) is 48.2 Å². The van der Waals surface area contributed by atoms with E-state index in [1.54, 1.807) is 12.0 Å². The summed E-state index contributed by atoms with van der Waals surface area (Å²) >= 11 is 0. The summed E-state index contributed by atoms with van der Waals surface area (Å²) in [5.41, 5.74) is 2.44. The molecule has 5 rings (SSSR count). The summed E-state index contributed by atoms with van der Waals surface area (Å²) in [5, 5.41) is 0.867. The summed E-state index contributed by atoms with van der Waals surface area (Å²) in [6.45, 7) is 1.92. The summed E-state index contributed by atoms with van der Waals surface area (Å²) < 4.78 is 5.46. The van der Waals surface area contributed by atoms with Crippen LogP contribution in [0.5, 0.6) is 5.75 Å². The van der Waals surface area contributed by atoms with E-state index in [0.717, 1.165) is 28.8 Å². The van der Waals surface area contributed by atoms with Crippen molar-refractivity contribution in [3.8, 4) is 5.75 Å². The Labute approximate surface area is 213 Å². The highest BCUT2D eigenvalue weighted by atomic mass is 16.5. The molecule has 0 unspecified atom stereocenters. The third kappa shape index (κ3) is 5.12. The average Bonchev–Trinajstić information content (AvgIpc) is 3.35. The van der Waals surface area contributed by atoms with Crippen LogP contribution in [0.4, 0.5) is 0 Å². The van der Waals surface area contributed by atoms with Crippen LogP contribution in [-0.2, 0) is 11.3 Å². The molecule has 7 heteroatoms. The number of hydrogen-bond donors (Lipinski definition) is 1. The first-order valence-corrected chi connectivity index (χ1v) is 13.0. The van der Waals surface area contributed by atoms with Gasteiger partial charge in [-0.2, -0.15) is 0 Å². The maximum Gasteiger partial charge on any atom is 0.270 e. The molecule has 1 aromatic heterocycles. The first-order valence-electron chi connectivity index (χ1n) is 13.0. The molecule has 1 saturated carbocycles. The number of fused-ring (bicyclic) bond motifs is 1. The van der Waals surface area contributed by atoms with Gasteiger partial charge in [-0.3, -0.25) is 9.59 Å². The molecule has 1 aliphatic heterocycles. The Bertz CT molecular complexity index is 1200. The van der Waals surface area contributed by atoms with Gasteiger partial charge < -0.3 is 24.4 Å². The van der Waals surface area contributed by atoms with Crippen LogP contribution in [-0.4, -0.2) is 77.4 Å². The molecule has 2 aliphatic rings. The molecule has 0 spiro atoms. The Hall–Kier alpha value is -3.32. The Kier molecular flexibility index (Phi) is 7.28. The zero-order valence-corrected chi connectivity index (χ0v) is 21.3. The molecule has 190 valence electrons. The SMILES string of the molecule is COc1cccc2[nH]c(C(=O)N3CC(=O)N(Cc4ccccc4)[C@@H](CN(C)C4CCCCC4)C3)cc12. The minimum Gasteiger partial charge on any atom is -0.496 e. The standard InChI is InChI=1S/C29H36N4O3/c1-31(22-12-7-4-8-13-22)18-23-19-32(20-28(34)33(23)17-21-10-5-3-6-11-21)29(35)26-16-24-25(30-26)14-9-15-27(24)36-2/h3,5-6,9-11,14-16,22-23,30H,4,7-8,12-13,17-20H2,1-2H3/t23-/m0/s1. The van der Waals surface area contributed by atoms with Crippen molar-refractivity contribution in [2.24, 2.45) is 0 Å². The lowest BCUT2D eigenvalue weighted by Gasteiger charge is -2.44. The molecule has 3 aromatic rings. The fourth-order valence-electron chi connectivity index (χ4n) is 5.78. The normalized spacial score (nSPS) is 19.3. The van der Waals surface area contributed by atoms with Crippen molar-refractivity contribution < 1.29 is 14.3 Å². The van der Waals surface area contributed by atoms with Crippen molar-refractivity contribution in [2.45, 2.75) is 50.7 Å². The number of piperazine rings is 1. The maximum absolute atomic E-state index is 13.6. The average molecular weight is 489 g/mol. The van der Waals surface area contributed by atoms with Gasteiger partial charge in [0.25, 0.3) is 5.91 Å². The Balaban J connectivity index is 1.38. The second-order valence-electron chi connectivity index (χ2n) is 10.2. The van der Waals surface area contributed by atoms with Gasteiger partial charge in [0, 0.05) is 36.6 Å². The van der Waals surface area contributed by atoms with Crippen LogP contribution in [0.25, 0.3) is 10.9 Å². The molecule has 1 N–H and O–H groups in total. The molecule has 2 heterocycles. The van der Waals surface area contributed by atoms with Crippen molar-refractivity contribution in [3.05, 3.63) is 65.9 Å². The number of carbonyl (C=O) groups is 2. The fourth-order valence-corrected chi connectivity index (χ4v) is 5.78. The lowest BCUT2D eigenvalue weighted by Crippen LogP contribution is -2.60. The Morgan fingerprint density at radius 3 is 2.61 bits per heavy atom. The number of benzene rings is 2. The topological polar surface area (TPSA) is 68.9 Å². The highest BCUT2D eigenvalue weighted by molar-refractivity contribution is 6.01. The molecule has 7 nitrogen and oxygen atoms in total. The summed E-state index contributed by atoms with van der Waals surface area (Å²) in [6.07, 6.45) is 6.25. The number of methoxy groups -OCH3 is 1. The minimum atomic E-state index is -0.147. The molecular weight excluding hydrogens is 452 g/mol. The van der Waals surface area contributed by atoms with E-state index in [9.17, 15) is 9.59 Å². The predicted octanol–water partition coefficient (Wildman–Crippen LogP) is 4.29. The third-order valence-corrected chi connectivity index (χ3v) is 7.77. The maximum atomic E-state index is 13.6. The van der Waals surface area contributed by atoms with Gasteiger partial charge in [0.2, 0.25) is 5.91 Å². The second kappa shape index (κ2) is 10.7. The van der Waals surface area contributed by atoms with Crippen LogP contribution < -0.4 is 4.74 Å². The van der Waals surface area contributed by atoms with E-state index < -0.39 is 0 Å². The number of amides is 2. The van der Waals surface area contributed by atoms with E-state index in [1.165, 1.54) is 32.1 Å². The lowest BCUT2D eigenvalue weighted by atomic mass is 9.94. The molecule has 1 saturated heterocycles. The number of rotatable bonds is 7. The van der Waals surface area contributed by atoms with Crippen molar-refractivity contribution in [2.75, 3.05) is 33.8 Å². The van der Waals surface area contributed by atoms with Gasteiger partial charge in [-0.1, -0.05) is 55.7 Å². The molecular formula is C29H36N4O3. The number of hydrogen-bond acceptors (Lipinski definition) is 4. The predicted molar refractivity (Wildman–Crippen MR) is 141 cm³/mol. The van der Waals surface area contributed by atoms with Crippen molar-refractivity contribution in [1.82, 2.24) is 19.7 Å². The molecule has 2 fully saturated rings. The first kappa shape index (κ1) is 24.4. The van der Waals surface area contributed by atoms with Gasteiger partial charge in [0.15, 0.2) is 0 Å². The molecule has 36 heavy (non-hydrogen) atoms. The van der Waals surface area contributed by atoms with Gasteiger partial charge in [-0.25, -0.2) is 0 Å². The Morgan fingerprint density at radius 2 is 1.86 bits per heavy atom. The van der Waals surface area contributed by atoms with Gasteiger partial charge in [0.1, 0.15) is 18.0 Å². The van der Waals surface area contributed by atoms with Crippen LogP contribution in [0.2, 0.25) is 0 Å². The monoisotopic (exact) mass is 488 g/mol. The van der Waals surface area contributed by atoms with Crippen LogP contribution >= 0.6 is 0 Å². The fraction of sp³-hybridized carbons (Fsp3) is 0.448. The van der Waals surface area contributed by atoms with Gasteiger partial charge >= 0.3 is 0 Å². The number of aromatic amines is 1. The second-order valence-corrected chi connectivity index (χ2v) is 10.2.